The summed E-state index contributed by atoms with van der Waals surface area (Å²) < 4.78 is 5.04. The summed E-state index contributed by atoms with van der Waals surface area (Å²) in [5.41, 5.74) is 1.64. The number of aromatic nitrogens is 1. The van der Waals surface area contributed by atoms with Crippen molar-refractivity contribution >= 4 is 23.5 Å². The molecular weight excluding hydrogens is 356 g/mol. The number of piperidine rings is 1. The van der Waals surface area contributed by atoms with Gasteiger partial charge in [0.25, 0.3) is 0 Å². The Morgan fingerprint density at radius 2 is 1.89 bits per heavy atom. The molecule has 0 radical (unpaired) electrons. The van der Waals surface area contributed by atoms with Crippen LogP contribution in [0.3, 0.4) is 0 Å². The summed E-state index contributed by atoms with van der Waals surface area (Å²) in [5, 5.41) is 6.25. The molecule has 0 aliphatic carbocycles. The van der Waals surface area contributed by atoms with Crippen molar-refractivity contribution in [1.82, 2.24) is 9.88 Å². The van der Waals surface area contributed by atoms with Crippen LogP contribution in [0, 0.1) is 0 Å². The maximum atomic E-state index is 12.1. The van der Waals surface area contributed by atoms with E-state index in [-0.39, 0.29) is 18.0 Å². The lowest BCUT2D eigenvalue weighted by molar-refractivity contribution is -0.115. The molecule has 0 bridgehead atoms. The van der Waals surface area contributed by atoms with E-state index >= 15 is 0 Å². The highest BCUT2D eigenvalue weighted by molar-refractivity contribution is 5.92. The third kappa shape index (κ3) is 5.70. The number of likely N-dealkylation sites (tertiary alicyclic amines) is 1. The highest BCUT2D eigenvalue weighted by atomic mass is 16.6. The highest BCUT2D eigenvalue weighted by Gasteiger charge is 2.23. The lowest BCUT2D eigenvalue weighted by Gasteiger charge is -2.31. The number of anilines is 2. The van der Waals surface area contributed by atoms with Crippen LogP contribution in [-0.4, -0.2) is 47.6 Å². The van der Waals surface area contributed by atoms with Crippen LogP contribution < -0.4 is 10.6 Å². The molecule has 3 rings (SSSR count). The summed E-state index contributed by atoms with van der Waals surface area (Å²) in [6.07, 6.45) is 3.43. The van der Waals surface area contributed by atoms with Gasteiger partial charge in [0.1, 0.15) is 5.82 Å². The van der Waals surface area contributed by atoms with Crippen LogP contribution in [0.15, 0.2) is 48.7 Å². The molecule has 2 N–H and O–H groups in total. The summed E-state index contributed by atoms with van der Waals surface area (Å²) in [6.45, 7) is 3.55. The van der Waals surface area contributed by atoms with Gasteiger partial charge in [-0.25, -0.2) is 9.78 Å². The Labute approximate surface area is 165 Å². The standard InChI is InChI=1S/C21H26N4O3/c1-2-28-21(27)25-12-10-17(11-13-25)23-19-9-8-18(15-22-19)24-20(26)14-16-6-4-3-5-7-16/h3-9,15,17H,2,10-14H2,1H3,(H,22,23)(H,24,26). The van der Waals surface area contributed by atoms with E-state index in [9.17, 15) is 9.59 Å². The number of carbonyl (C=O) groups is 2. The minimum atomic E-state index is -0.241. The zero-order chi connectivity index (χ0) is 19.8. The Morgan fingerprint density at radius 1 is 1.14 bits per heavy atom. The predicted molar refractivity (Wildman–Crippen MR) is 108 cm³/mol. The van der Waals surface area contributed by atoms with E-state index in [0.29, 0.717) is 31.8 Å². The molecule has 1 aliphatic rings. The number of nitrogens with one attached hydrogen (secondary N) is 2. The summed E-state index contributed by atoms with van der Waals surface area (Å²) in [6, 6.07) is 13.6. The maximum absolute atomic E-state index is 12.1. The summed E-state index contributed by atoms with van der Waals surface area (Å²) in [5.74, 6) is 0.690. The Morgan fingerprint density at radius 3 is 2.54 bits per heavy atom. The molecule has 2 amide bonds. The van der Waals surface area contributed by atoms with Gasteiger partial charge in [-0.3, -0.25) is 4.79 Å². The summed E-state index contributed by atoms with van der Waals surface area (Å²) in [7, 11) is 0. The minimum Gasteiger partial charge on any atom is -0.450 e. The lowest BCUT2D eigenvalue weighted by Crippen LogP contribution is -2.42. The molecule has 1 saturated heterocycles. The number of pyridine rings is 1. The van der Waals surface area contributed by atoms with Gasteiger partial charge in [0.05, 0.1) is 24.9 Å². The van der Waals surface area contributed by atoms with E-state index in [1.165, 1.54) is 0 Å². The monoisotopic (exact) mass is 382 g/mol. The smallest absolute Gasteiger partial charge is 0.409 e. The second-order valence-electron chi connectivity index (χ2n) is 6.75. The third-order valence-electron chi connectivity index (χ3n) is 4.63. The van der Waals surface area contributed by atoms with Gasteiger partial charge in [0, 0.05) is 19.1 Å². The molecule has 0 spiro atoms. The van der Waals surface area contributed by atoms with Crippen molar-refractivity contribution in [1.29, 1.82) is 0 Å². The van der Waals surface area contributed by atoms with Crippen LogP contribution in [0.1, 0.15) is 25.3 Å². The summed E-state index contributed by atoms with van der Waals surface area (Å²) in [4.78, 5) is 30.0. The van der Waals surface area contributed by atoms with Gasteiger partial charge < -0.3 is 20.3 Å². The van der Waals surface area contributed by atoms with Gasteiger partial charge >= 0.3 is 6.09 Å². The van der Waals surface area contributed by atoms with Crippen molar-refractivity contribution < 1.29 is 14.3 Å². The van der Waals surface area contributed by atoms with E-state index in [1.807, 2.05) is 49.4 Å². The number of nitrogens with zero attached hydrogens (tertiary/aromatic N) is 2. The van der Waals surface area contributed by atoms with Crippen molar-refractivity contribution in [2.75, 3.05) is 30.3 Å². The quantitative estimate of drug-likeness (QED) is 0.801. The van der Waals surface area contributed by atoms with Gasteiger partial charge in [0.15, 0.2) is 0 Å². The molecule has 7 nitrogen and oxygen atoms in total. The number of hydrogen-bond donors (Lipinski definition) is 2. The zero-order valence-corrected chi connectivity index (χ0v) is 16.1. The Hall–Kier alpha value is -3.09. The van der Waals surface area contributed by atoms with Crippen molar-refractivity contribution in [2.24, 2.45) is 0 Å². The molecule has 1 aliphatic heterocycles. The first-order valence-electron chi connectivity index (χ1n) is 9.62. The highest BCUT2D eigenvalue weighted by Crippen LogP contribution is 2.17. The molecular formula is C21H26N4O3. The van der Waals surface area contributed by atoms with E-state index in [1.54, 1.807) is 11.1 Å². The third-order valence-corrected chi connectivity index (χ3v) is 4.63. The van der Waals surface area contributed by atoms with Crippen molar-refractivity contribution in [3.05, 3.63) is 54.2 Å². The van der Waals surface area contributed by atoms with Crippen molar-refractivity contribution in [2.45, 2.75) is 32.2 Å². The number of benzene rings is 1. The van der Waals surface area contributed by atoms with Crippen LogP contribution >= 0.6 is 0 Å². The fraction of sp³-hybridized carbons (Fsp3) is 0.381. The molecule has 1 aromatic carbocycles. The van der Waals surface area contributed by atoms with E-state index in [4.69, 9.17) is 4.74 Å². The number of ether oxygens (including phenoxy) is 1. The largest absolute Gasteiger partial charge is 0.450 e. The van der Waals surface area contributed by atoms with Crippen LogP contribution in [0.2, 0.25) is 0 Å². The topological polar surface area (TPSA) is 83.6 Å². The normalized spacial score (nSPS) is 14.4. The van der Waals surface area contributed by atoms with Gasteiger partial charge in [-0.2, -0.15) is 0 Å². The molecule has 0 atom stereocenters. The fourth-order valence-corrected chi connectivity index (χ4v) is 3.17. The second-order valence-corrected chi connectivity index (χ2v) is 6.75. The van der Waals surface area contributed by atoms with Gasteiger partial charge in [-0.15, -0.1) is 0 Å². The summed E-state index contributed by atoms with van der Waals surface area (Å²) >= 11 is 0. The number of amides is 2. The van der Waals surface area contributed by atoms with E-state index < -0.39 is 0 Å². The SMILES string of the molecule is CCOC(=O)N1CCC(Nc2ccc(NC(=O)Cc3ccccc3)cn2)CC1. The Kier molecular flexibility index (Phi) is 6.84. The first-order chi connectivity index (χ1) is 13.6. The fourth-order valence-electron chi connectivity index (χ4n) is 3.17. The van der Waals surface area contributed by atoms with Gasteiger partial charge in [-0.05, 0) is 37.5 Å². The van der Waals surface area contributed by atoms with Gasteiger partial charge in [-0.1, -0.05) is 30.3 Å². The Bertz CT molecular complexity index is 772. The van der Waals surface area contributed by atoms with E-state index in [2.05, 4.69) is 15.6 Å². The van der Waals surface area contributed by atoms with E-state index in [0.717, 1.165) is 24.2 Å². The molecule has 148 valence electrons. The first kappa shape index (κ1) is 19.7. The number of carbonyl (C=O) groups excluding carboxylic acids is 2. The van der Waals surface area contributed by atoms with Gasteiger partial charge in [0.2, 0.25) is 5.91 Å². The van der Waals surface area contributed by atoms with Crippen molar-refractivity contribution in [3.63, 3.8) is 0 Å². The zero-order valence-electron chi connectivity index (χ0n) is 16.1. The molecule has 2 aromatic rings. The molecule has 2 heterocycles. The molecule has 28 heavy (non-hydrogen) atoms. The lowest BCUT2D eigenvalue weighted by atomic mass is 10.1. The maximum Gasteiger partial charge on any atom is 0.409 e. The molecule has 1 fully saturated rings. The van der Waals surface area contributed by atoms with Crippen molar-refractivity contribution in [3.8, 4) is 0 Å². The molecule has 7 heteroatoms. The minimum absolute atomic E-state index is 0.0694. The second kappa shape index (κ2) is 9.73. The predicted octanol–water partition coefficient (Wildman–Crippen LogP) is 3.30. The first-order valence-corrected chi connectivity index (χ1v) is 9.62. The molecule has 1 aromatic heterocycles. The van der Waals surface area contributed by atoms with Crippen LogP contribution in [0.25, 0.3) is 0 Å². The average Bonchev–Trinajstić information content (AvgIpc) is 2.71. The average molecular weight is 382 g/mol. The Balaban J connectivity index is 1.44. The molecule has 0 saturated carbocycles. The van der Waals surface area contributed by atoms with Crippen LogP contribution in [0.5, 0.6) is 0 Å². The van der Waals surface area contributed by atoms with Crippen LogP contribution in [-0.2, 0) is 16.0 Å². The molecule has 0 unspecified atom stereocenters. The number of rotatable bonds is 6. The number of hydrogen-bond acceptors (Lipinski definition) is 5. The van der Waals surface area contributed by atoms with Crippen LogP contribution in [0.4, 0.5) is 16.3 Å².